The second-order valence-electron chi connectivity index (χ2n) is 4.19. The fourth-order valence-corrected chi connectivity index (χ4v) is 1.75. The Bertz CT molecular complexity index is 133. The quantitative estimate of drug-likeness (QED) is 0.757. The predicted molar refractivity (Wildman–Crippen MR) is 56.4 cm³/mol. The zero-order valence-corrected chi connectivity index (χ0v) is 8.94. The molecule has 1 saturated carbocycles. The Morgan fingerprint density at radius 1 is 1.08 bits per heavy atom. The van der Waals surface area contributed by atoms with Crippen LogP contribution in [0.3, 0.4) is 0 Å². The molecule has 0 unspecified atom stereocenters. The van der Waals surface area contributed by atoms with Crippen molar-refractivity contribution in [3.63, 3.8) is 0 Å². The molecule has 0 aromatic rings. The maximum atomic E-state index is 5.66. The van der Waals surface area contributed by atoms with Crippen LogP contribution in [-0.2, 0) is 4.74 Å². The Balaban J connectivity index is 0.000000845. The van der Waals surface area contributed by atoms with Gasteiger partial charge in [-0.15, -0.1) is 12.4 Å². The fourth-order valence-electron chi connectivity index (χ4n) is 1.75. The lowest BCUT2D eigenvalue weighted by atomic mass is 10.0. The lowest BCUT2D eigenvalue weighted by molar-refractivity contribution is 0.0825. The Morgan fingerprint density at radius 3 is 2.46 bits per heavy atom. The SMILES string of the molecule is C1CNC[C@@H](COCC2CC2)C1.Cl. The van der Waals surface area contributed by atoms with E-state index in [2.05, 4.69) is 5.32 Å². The van der Waals surface area contributed by atoms with Crippen LogP contribution in [0.1, 0.15) is 25.7 Å². The summed E-state index contributed by atoms with van der Waals surface area (Å²) in [5.41, 5.74) is 0. The molecule has 0 bridgehead atoms. The third kappa shape index (κ3) is 4.30. The first kappa shape index (κ1) is 11.3. The van der Waals surface area contributed by atoms with E-state index in [-0.39, 0.29) is 12.4 Å². The van der Waals surface area contributed by atoms with Gasteiger partial charge in [0.2, 0.25) is 0 Å². The van der Waals surface area contributed by atoms with Crippen molar-refractivity contribution in [2.75, 3.05) is 26.3 Å². The van der Waals surface area contributed by atoms with Gasteiger partial charge in [0.05, 0.1) is 6.61 Å². The summed E-state index contributed by atoms with van der Waals surface area (Å²) in [5, 5.41) is 3.41. The van der Waals surface area contributed by atoms with Crippen molar-refractivity contribution < 1.29 is 4.74 Å². The van der Waals surface area contributed by atoms with E-state index in [1.807, 2.05) is 0 Å². The second-order valence-corrected chi connectivity index (χ2v) is 4.19. The first-order valence-electron chi connectivity index (χ1n) is 5.23. The van der Waals surface area contributed by atoms with Gasteiger partial charge in [0.25, 0.3) is 0 Å². The number of rotatable bonds is 4. The zero-order valence-electron chi connectivity index (χ0n) is 8.13. The highest BCUT2D eigenvalue weighted by atomic mass is 35.5. The van der Waals surface area contributed by atoms with Gasteiger partial charge >= 0.3 is 0 Å². The van der Waals surface area contributed by atoms with E-state index >= 15 is 0 Å². The van der Waals surface area contributed by atoms with Gasteiger partial charge in [0.15, 0.2) is 0 Å². The molecule has 0 aromatic carbocycles. The summed E-state index contributed by atoms with van der Waals surface area (Å²) >= 11 is 0. The van der Waals surface area contributed by atoms with Gasteiger partial charge < -0.3 is 10.1 Å². The smallest absolute Gasteiger partial charge is 0.0506 e. The van der Waals surface area contributed by atoms with E-state index in [4.69, 9.17) is 4.74 Å². The number of halogens is 1. The zero-order chi connectivity index (χ0) is 8.23. The topological polar surface area (TPSA) is 21.3 Å². The van der Waals surface area contributed by atoms with Gasteiger partial charge in [0, 0.05) is 13.2 Å². The molecule has 0 aromatic heterocycles. The molecule has 1 N–H and O–H groups in total. The Morgan fingerprint density at radius 2 is 1.85 bits per heavy atom. The molecule has 1 saturated heterocycles. The van der Waals surface area contributed by atoms with Crippen molar-refractivity contribution in [3.05, 3.63) is 0 Å². The van der Waals surface area contributed by atoms with Crippen molar-refractivity contribution in [2.45, 2.75) is 25.7 Å². The highest BCUT2D eigenvalue weighted by Gasteiger charge is 2.22. The molecule has 1 heterocycles. The lowest BCUT2D eigenvalue weighted by Crippen LogP contribution is -2.32. The summed E-state index contributed by atoms with van der Waals surface area (Å²) in [6.45, 7) is 4.39. The molecular weight excluding hydrogens is 186 g/mol. The highest BCUT2D eigenvalue weighted by molar-refractivity contribution is 5.85. The molecule has 1 atom stereocenters. The van der Waals surface area contributed by atoms with Crippen molar-refractivity contribution >= 4 is 12.4 Å². The van der Waals surface area contributed by atoms with E-state index < -0.39 is 0 Å². The van der Waals surface area contributed by atoms with E-state index in [0.717, 1.165) is 25.0 Å². The first-order chi connectivity index (χ1) is 5.95. The molecule has 1 aliphatic heterocycles. The highest BCUT2D eigenvalue weighted by Crippen LogP contribution is 2.29. The Labute approximate surface area is 86.8 Å². The van der Waals surface area contributed by atoms with Crippen LogP contribution in [0, 0.1) is 11.8 Å². The molecule has 2 fully saturated rings. The minimum atomic E-state index is 0. The normalized spacial score (nSPS) is 28.2. The van der Waals surface area contributed by atoms with Crippen molar-refractivity contribution in [1.29, 1.82) is 0 Å². The molecule has 3 heteroatoms. The summed E-state index contributed by atoms with van der Waals surface area (Å²) in [7, 11) is 0. The minimum absolute atomic E-state index is 0. The number of nitrogens with one attached hydrogen (secondary N) is 1. The largest absolute Gasteiger partial charge is 0.381 e. The van der Waals surface area contributed by atoms with Crippen molar-refractivity contribution in [2.24, 2.45) is 11.8 Å². The summed E-state index contributed by atoms with van der Waals surface area (Å²) in [6.07, 6.45) is 5.50. The standard InChI is InChI=1S/C10H19NO.ClH/c1-2-10(6-11-5-1)8-12-7-9-3-4-9;/h9-11H,1-8H2;1H/t10-;/m0./s1. The average molecular weight is 206 g/mol. The first-order valence-corrected chi connectivity index (χ1v) is 5.23. The van der Waals surface area contributed by atoms with Crippen molar-refractivity contribution in [3.8, 4) is 0 Å². The Hall–Kier alpha value is 0.210. The van der Waals surface area contributed by atoms with Crippen LogP contribution in [0.2, 0.25) is 0 Å². The third-order valence-corrected chi connectivity index (χ3v) is 2.80. The van der Waals surface area contributed by atoms with Gasteiger partial charge in [0.1, 0.15) is 0 Å². The monoisotopic (exact) mass is 205 g/mol. The van der Waals surface area contributed by atoms with E-state index in [0.29, 0.717) is 0 Å². The molecule has 13 heavy (non-hydrogen) atoms. The van der Waals surface area contributed by atoms with E-state index in [1.54, 1.807) is 0 Å². The summed E-state index contributed by atoms with van der Waals surface area (Å²) < 4.78 is 5.66. The maximum Gasteiger partial charge on any atom is 0.0506 e. The molecular formula is C10H20ClNO. The van der Waals surface area contributed by atoms with Crippen LogP contribution in [-0.4, -0.2) is 26.3 Å². The molecule has 1 aliphatic carbocycles. The van der Waals surface area contributed by atoms with Crippen LogP contribution in [0.25, 0.3) is 0 Å². The van der Waals surface area contributed by atoms with E-state index in [9.17, 15) is 0 Å². The van der Waals surface area contributed by atoms with Gasteiger partial charge in [-0.3, -0.25) is 0 Å². The van der Waals surface area contributed by atoms with Crippen LogP contribution >= 0.6 is 12.4 Å². The molecule has 78 valence electrons. The number of piperidine rings is 1. The fraction of sp³-hybridized carbons (Fsp3) is 1.00. The molecule has 0 radical (unpaired) electrons. The average Bonchev–Trinajstić information content (AvgIpc) is 2.90. The van der Waals surface area contributed by atoms with Crippen LogP contribution < -0.4 is 5.32 Å². The minimum Gasteiger partial charge on any atom is -0.381 e. The molecule has 2 aliphatic rings. The predicted octanol–water partition coefficient (Wildman–Crippen LogP) is 1.83. The van der Waals surface area contributed by atoms with Gasteiger partial charge in [-0.25, -0.2) is 0 Å². The van der Waals surface area contributed by atoms with Crippen LogP contribution in [0.5, 0.6) is 0 Å². The van der Waals surface area contributed by atoms with Crippen LogP contribution in [0.15, 0.2) is 0 Å². The molecule has 2 nitrogen and oxygen atoms in total. The second kappa shape index (κ2) is 5.84. The summed E-state index contributed by atoms with van der Waals surface area (Å²) in [4.78, 5) is 0. The van der Waals surface area contributed by atoms with Gasteiger partial charge in [-0.05, 0) is 44.1 Å². The number of ether oxygens (including phenoxy) is 1. The maximum absolute atomic E-state index is 5.66. The number of hydrogen-bond acceptors (Lipinski definition) is 2. The summed E-state index contributed by atoms with van der Waals surface area (Å²) in [6, 6.07) is 0. The van der Waals surface area contributed by atoms with Crippen molar-refractivity contribution in [1.82, 2.24) is 5.32 Å². The number of hydrogen-bond donors (Lipinski definition) is 1. The van der Waals surface area contributed by atoms with Gasteiger partial charge in [-0.2, -0.15) is 0 Å². The van der Waals surface area contributed by atoms with Gasteiger partial charge in [-0.1, -0.05) is 0 Å². The third-order valence-electron chi connectivity index (χ3n) is 2.80. The molecule has 2 rings (SSSR count). The van der Waals surface area contributed by atoms with Crippen LogP contribution in [0.4, 0.5) is 0 Å². The molecule has 0 spiro atoms. The van der Waals surface area contributed by atoms with E-state index in [1.165, 1.54) is 38.8 Å². The lowest BCUT2D eigenvalue weighted by Gasteiger charge is -2.22. The Kier molecular flexibility index (Phi) is 5.07. The molecule has 0 amide bonds. The summed E-state index contributed by atoms with van der Waals surface area (Å²) in [5.74, 6) is 1.71.